The maximum absolute atomic E-state index is 12.5. The Bertz CT molecular complexity index is 913. The van der Waals surface area contributed by atoms with Crippen LogP contribution in [0, 0.1) is 20.8 Å². The lowest BCUT2D eigenvalue weighted by Gasteiger charge is -2.07. The molecular weight excluding hydrogens is 330 g/mol. The van der Waals surface area contributed by atoms with Crippen LogP contribution in [-0.4, -0.2) is 26.3 Å². The summed E-state index contributed by atoms with van der Waals surface area (Å²) in [6.07, 6.45) is 0. The molecule has 0 saturated heterocycles. The molecule has 0 radical (unpaired) electrons. The van der Waals surface area contributed by atoms with Crippen molar-refractivity contribution in [2.45, 2.75) is 25.9 Å². The van der Waals surface area contributed by atoms with Crippen LogP contribution in [0.15, 0.2) is 47.6 Å². The maximum atomic E-state index is 12.5. The van der Waals surface area contributed by atoms with Gasteiger partial charge < -0.3 is 4.57 Å². The largest absolute Gasteiger partial charge is 0.305 e. The van der Waals surface area contributed by atoms with Crippen LogP contribution in [0.5, 0.6) is 0 Å². The number of Topliss-reactive ketones (excluding diaryl/α,β-unsaturated/α-hetero) is 1. The molecule has 0 fully saturated rings. The molecule has 3 rings (SSSR count). The van der Waals surface area contributed by atoms with E-state index in [-0.39, 0.29) is 5.78 Å². The van der Waals surface area contributed by atoms with E-state index in [9.17, 15) is 4.79 Å². The average molecular weight is 351 g/mol. The smallest absolute Gasteiger partial charge is 0.191 e. The molecule has 0 aliphatic carbocycles. The maximum Gasteiger partial charge on any atom is 0.191 e. The van der Waals surface area contributed by atoms with Gasteiger partial charge in [-0.3, -0.25) is 4.79 Å². The van der Waals surface area contributed by atoms with E-state index in [0.29, 0.717) is 5.75 Å². The summed E-state index contributed by atoms with van der Waals surface area (Å²) in [5.74, 6) is 1.28. The van der Waals surface area contributed by atoms with Gasteiger partial charge in [0.2, 0.25) is 0 Å². The molecule has 0 spiro atoms. The Labute approximate surface area is 152 Å². The first-order chi connectivity index (χ1) is 12.0. The fourth-order valence-corrected chi connectivity index (χ4v) is 3.43. The number of aryl methyl sites for hydroxylation is 3. The Morgan fingerprint density at radius 1 is 1.00 bits per heavy atom. The molecule has 0 N–H and O–H groups in total. The Balaban J connectivity index is 1.75. The van der Waals surface area contributed by atoms with E-state index in [0.717, 1.165) is 33.2 Å². The lowest BCUT2D eigenvalue weighted by Crippen LogP contribution is -2.06. The van der Waals surface area contributed by atoms with Crippen LogP contribution in [0.1, 0.15) is 27.0 Å². The zero-order valence-electron chi connectivity index (χ0n) is 14.9. The third-order valence-corrected chi connectivity index (χ3v) is 5.19. The van der Waals surface area contributed by atoms with Crippen molar-refractivity contribution in [1.82, 2.24) is 14.8 Å². The van der Waals surface area contributed by atoms with Crippen molar-refractivity contribution in [3.8, 4) is 11.4 Å². The molecule has 3 aromatic rings. The monoisotopic (exact) mass is 351 g/mol. The van der Waals surface area contributed by atoms with Crippen molar-refractivity contribution in [2.75, 3.05) is 5.75 Å². The minimum Gasteiger partial charge on any atom is -0.305 e. The zero-order chi connectivity index (χ0) is 18.0. The minimum atomic E-state index is 0.117. The van der Waals surface area contributed by atoms with E-state index in [1.165, 1.54) is 17.3 Å². The summed E-state index contributed by atoms with van der Waals surface area (Å²) < 4.78 is 1.94. The summed E-state index contributed by atoms with van der Waals surface area (Å²) in [4.78, 5) is 12.5. The van der Waals surface area contributed by atoms with Gasteiger partial charge >= 0.3 is 0 Å². The van der Waals surface area contributed by atoms with Gasteiger partial charge in [0.15, 0.2) is 16.8 Å². The number of ketones is 1. The van der Waals surface area contributed by atoms with Gasteiger partial charge in [-0.05, 0) is 32.4 Å². The SMILES string of the molecule is Cc1ccc(-c2nnc(SCC(=O)c3cc(C)ccc3C)n2C)cc1. The molecule has 0 bridgehead atoms. The minimum absolute atomic E-state index is 0.117. The van der Waals surface area contributed by atoms with E-state index in [2.05, 4.69) is 29.3 Å². The molecule has 5 heteroatoms. The Hall–Kier alpha value is -2.40. The van der Waals surface area contributed by atoms with E-state index in [1.807, 2.05) is 55.8 Å². The van der Waals surface area contributed by atoms with Gasteiger partial charge in [-0.2, -0.15) is 0 Å². The second kappa shape index (κ2) is 7.23. The zero-order valence-corrected chi connectivity index (χ0v) is 15.7. The molecule has 1 heterocycles. The van der Waals surface area contributed by atoms with Crippen molar-refractivity contribution < 1.29 is 4.79 Å². The molecule has 0 unspecified atom stereocenters. The third-order valence-electron chi connectivity index (χ3n) is 4.17. The number of rotatable bonds is 5. The highest BCUT2D eigenvalue weighted by molar-refractivity contribution is 7.99. The molecular formula is C20H21N3OS. The fraction of sp³-hybridized carbons (Fsp3) is 0.250. The topological polar surface area (TPSA) is 47.8 Å². The number of carbonyl (C=O) groups is 1. The first-order valence-corrected chi connectivity index (χ1v) is 9.14. The molecule has 0 aliphatic heterocycles. The lowest BCUT2D eigenvalue weighted by atomic mass is 10.0. The molecule has 4 nitrogen and oxygen atoms in total. The van der Waals surface area contributed by atoms with Gasteiger partial charge in [-0.25, -0.2) is 0 Å². The lowest BCUT2D eigenvalue weighted by molar-refractivity contribution is 0.102. The highest BCUT2D eigenvalue weighted by Gasteiger charge is 2.15. The molecule has 0 saturated carbocycles. The average Bonchev–Trinajstić information content (AvgIpc) is 2.96. The van der Waals surface area contributed by atoms with Gasteiger partial charge in [0.1, 0.15) is 0 Å². The predicted molar refractivity (Wildman–Crippen MR) is 102 cm³/mol. The van der Waals surface area contributed by atoms with Crippen molar-refractivity contribution in [3.05, 3.63) is 64.7 Å². The number of aromatic nitrogens is 3. The molecule has 128 valence electrons. The number of carbonyl (C=O) groups excluding carboxylic acids is 1. The van der Waals surface area contributed by atoms with Crippen molar-refractivity contribution in [2.24, 2.45) is 7.05 Å². The fourth-order valence-electron chi connectivity index (χ4n) is 2.64. The van der Waals surface area contributed by atoms with Gasteiger partial charge in [-0.15, -0.1) is 10.2 Å². The van der Waals surface area contributed by atoms with Crippen LogP contribution in [0.4, 0.5) is 0 Å². The van der Waals surface area contributed by atoms with E-state index in [1.54, 1.807) is 0 Å². The first-order valence-electron chi connectivity index (χ1n) is 8.15. The Morgan fingerprint density at radius 3 is 2.40 bits per heavy atom. The predicted octanol–water partition coefficient (Wildman–Crippen LogP) is 4.38. The molecule has 25 heavy (non-hydrogen) atoms. The molecule has 2 aromatic carbocycles. The molecule has 1 aromatic heterocycles. The second-order valence-electron chi connectivity index (χ2n) is 6.26. The summed E-state index contributed by atoms with van der Waals surface area (Å²) in [5.41, 5.74) is 5.12. The standard InChI is InChI=1S/C20H21N3OS/c1-13-6-9-16(10-7-13)19-21-22-20(23(19)4)25-12-18(24)17-11-14(2)5-8-15(17)3/h5-11H,12H2,1-4H3. The number of nitrogens with zero attached hydrogens (tertiary/aromatic N) is 3. The highest BCUT2D eigenvalue weighted by Crippen LogP contribution is 2.24. The van der Waals surface area contributed by atoms with Crippen LogP contribution < -0.4 is 0 Å². The van der Waals surface area contributed by atoms with Crippen molar-refractivity contribution in [1.29, 1.82) is 0 Å². The van der Waals surface area contributed by atoms with E-state index >= 15 is 0 Å². The van der Waals surface area contributed by atoms with Crippen molar-refractivity contribution in [3.63, 3.8) is 0 Å². The summed E-state index contributed by atoms with van der Waals surface area (Å²) in [7, 11) is 1.93. The van der Waals surface area contributed by atoms with Crippen LogP contribution in [-0.2, 0) is 7.05 Å². The van der Waals surface area contributed by atoms with E-state index in [4.69, 9.17) is 0 Å². The number of hydrogen-bond donors (Lipinski definition) is 0. The number of hydrogen-bond acceptors (Lipinski definition) is 4. The number of thioether (sulfide) groups is 1. The molecule has 0 amide bonds. The van der Waals surface area contributed by atoms with E-state index < -0.39 is 0 Å². The Morgan fingerprint density at radius 2 is 1.68 bits per heavy atom. The summed E-state index contributed by atoms with van der Waals surface area (Å²) in [5, 5.41) is 9.27. The van der Waals surface area contributed by atoms with Crippen molar-refractivity contribution >= 4 is 17.5 Å². The van der Waals surface area contributed by atoms with Crippen LogP contribution in [0.2, 0.25) is 0 Å². The van der Waals surface area contributed by atoms with Crippen LogP contribution in [0.25, 0.3) is 11.4 Å². The van der Waals surface area contributed by atoms with Gasteiger partial charge in [0.05, 0.1) is 5.75 Å². The van der Waals surface area contributed by atoms with Gasteiger partial charge in [0, 0.05) is 18.2 Å². The Kier molecular flexibility index (Phi) is 5.04. The third kappa shape index (κ3) is 3.82. The van der Waals surface area contributed by atoms with Gasteiger partial charge in [-0.1, -0.05) is 59.3 Å². The van der Waals surface area contributed by atoms with Crippen LogP contribution in [0.3, 0.4) is 0 Å². The second-order valence-corrected chi connectivity index (χ2v) is 7.20. The molecule has 0 atom stereocenters. The van der Waals surface area contributed by atoms with Gasteiger partial charge in [0.25, 0.3) is 0 Å². The normalized spacial score (nSPS) is 10.9. The first kappa shape index (κ1) is 17.4. The summed E-state index contributed by atoms with van der Waals surface area (Å²) >= 11 is 1.42. The summed E-state index contributed by atoms with van der Waals surface area (Å²) in [6.45, 7) is 6.02. The quantitative estimate of drug-likeness (QED) is 0.505. The van der Waals surface area contributed by atoms with Crippen LogP contribution >= 0.6 is 11.8 Å². The number of benzene rings is 2. The summed E-state index contributed by atoms with van der Waals surface area (Å²) in [6, 6.07) is 14.2. The molecule has 0 aliphatic rings. The highest BCUT2D eigenvalue weighted by atomic mass is 32.2.